The highest BCUT2D eigenvalue weighted by molar-refractivity contribution is 5.96. The van der Waals surface area contributed by atoms with Crippen LogP contribution in [0.15, 0.2) is 24.3 Å². The molecule has 0 saturated carbocycles. The first-order chi connectivity index (χ1) is 12.3. The van der Waals surface area contributed by atoms with Crippen molar-refractivity contribution in [2.24, 2.45) is 0 Å². The highest BCUT2D eigenvalue weighted by atomic mass is 16.6. The first kappa shape index (κ1) is 21.1. The lowest BCUT2D eigenvalue weighted by Crippen LogP contribution is -2.44. The first-order valence-electron chi connectivity index (χ1n) is 8.37. The Bertz CT molecular complexity index is 642. The molecule has 2 N–H and O–H groups in total. The van der Waals surface area contributed by atoms with Gasteiger partial charge in [-0.25, -0.2) is 9.59 Å². The zero-order chi connectivity index (χ0) is 19.5. The molecule has 142 valence electrons. The first-order valence-corrected chi connectivity index (χ1v) is 8.37. The lowest BCUT2D eigenvalue weighted by Gasteiger charge is -2.12. The van der Waals surface area contributed by atoms with Crippen LogP contribution in [-0.4, -0.2) is 42.9 Å². The van der Waals surface area contributed by atoms with Crippen molar-refractivity contribution in [3.05, 3.63) is 29.8 Å². The van der Waals surface area contributed by atoms with Crippen LogP contribution in [0.2, 0.25) is 0 Å². The summed E-state index contributed by atoms with van der Waals surface area (Å²) in [7, 11) is 0. The summed E-state index contributed by atoms with van der Waals surface area (Å²) in [5, 5.41) is 4.61. The third-order valence-corrected chi connectivity index (χ3v) is 3.46. The summed E-state index contributed by atoms with van der Waals surface area (Å²) < 4.78 is 9.95. The smallest absolute Gasteiger partial charge is 0.344 e. The summed E-state index contributed by atoms with van der Waals surface area (Å²) in [6, 6.07) is 5.65. The van der Waals surface area contributed by atoms with Crippen molar-refractivity contribution in [2.75, 3.05) is 13.2 Å². The van der Waals surface area contributed by atoms with Crippen LogP contribution < -0.4 is 15.4 Å². The summed E-state index contributed by atoms with van der Waals surface area (Å²) in [6.45, 7) is 4.48. The number of imide groups is 1. The van der Waals surface area contributed by atoms with Crippen LogP contribution in [0.4, 0.5) is 4.79 Å². The number of urea groups is 1. The maximum Gasteiger partial charge on any atom is 0.344 e. The number of carbonyl (C=O) groups is 4. The molecule has 1 aromatic rings. The van der Waals surface area contributed by atoms with E-state index in [9.17, 15) is 19.2 Å². The molecular weight excluding hydrogens is 340 g/mol. The van der Waals surface area contributed by atoms with Gasteiger partial charge in [0.15, 0.2) is 19.0 Å². The van der Waals surface area contributed by atoms with Crippen LogP contribution in [0, 0.1) is 0 Å². The zero-order valence-electron chi connectivity index (χ0n) is 15.2. The number of ketones is 1. The number of benzene rings is 1. The number of rotatable bonds is 9. The fourth-order valence-electron chi connectivity index (χ4n) is 1.80. The van der Waals surface area contributed by atoms with Crippen molar-refractivity contribution in [3.63, 3.8) is 0 Å². The fraction of sp³-hybridized carbons (Fsp3) is 0.444. The van der Waals surface area contributed by atoms with Crippen molar-refractivity contribution in [3.8, 4) is 5.75 Å². The molecule has 0 radical (unpaired) electrons. The van der Waals surface area contributed by atoms with Crippen LogP contribution >= 0.6 is 0 Å². The molecule has 0 aromatic heterocycles. The van der Waals surface area contributed by atoms with E-state index in [1.807, 2.05) is 6.92 Å². The highest BCUT2D eigenvalue weighted by Gasteiger charge is 2.12. The van der Waals surface area contributed by atoms with E-state index in [0.29, 0.717) is 17.7 Å². The summed E-state index contributed by atoms with van der Waals surface area (Å²) in [4.78, 5) is 46.0. The minimum absolute atomic E-state index is 0.0133. The molecule has 1 atom stereocenters. The van der Waals surface area contributed by atoms with Crippen molar-refractivity contribution < 1.29 is 28.7 Å². The predicted octanol–water partition coefficient (Wildman–Crippen LogP) is 1.83. The topological polar surface area (TPSA) is 111 Å². The van der Waals surface area contributed by atoms with Crippen LogP contribution in [-0.2, 0) is 14.3 Å². The van der Waals surface area contributed by atoms with E-state index in [2.05, 4.69) is 10.6 Å². The van der Waals surface area contributed by atoms with Gasteiger partial charge >= 0.3 is 12.0 Å². The number of hydrogen-bond acceptors (Lipinski definition) is 6. The molecular formula is C18H24N2O6. The maximum atomic E-state index is 11.6. The van der Waals surface area contributed by atoms with E-state index < -0.39 is 31.1 Å². The zero-order valence-corrected chi connectivity index (χ0v) is 15.2. The Kier molecular flexibility index (Phi) is 8.83. The van der Waals surface area contributed by atoms with Crippen LogP contribution in [0.25, 0.3) is 0 Å². The summed E-state index contributed by atoms with van der Waals surface area (Å²) in [5.74, 6) is -1.08. The Morgan fingerprint density at radius 1 is 1.04 bits per heavy atom. The Morgan fingerprint density at radius 3 is 2.27 bits per heavy atom. The van der Waals surface area contributed by atoms with E-state index in [4.69, 9.17) is 9.47 Å². The Balaban J connectivity index is 2.30. The van der Waals surface area contributed by atoms with Gasteiger partial charge < -0.3 is 14.8 Å². The van der Waals surface area contributed by atoms with Gasteiger partial charge in [-0.3, -0.25) is 14.9 Å². The van der Waals surface area contributed by atoms with Crippen molar-refractivity contribution in [1.29, 1.82) is 0 Å². The SMILES string of the molecule is CCC(=O)c1ccc(OCC(=O)OCC(=O)NC(=O)N[C@H](C)CC)cc1. The second-order valence-electron chi connectivity index (χ2n) is 5.58. The molecule has 0 fully saturated rings. The molecule has 3 amide bonds. The highest BCUT2D eigenvalue weighted by Crippen LogP contribution is 2.13. The minimum atomic E-state index is -0.754. The average Bonchev–Trinajstić information content (AvgIpc) is 2.64. The minimum Gasteiger partial charge on any atom is -0.482 e. The number of esters is 1. The van der Waals surface area contributed by atoms with E-state index in [1.165, 1.54) is 0 Å². The molecule has 1 rings (SSSR count). The maximum absolute atomic E-state index is 11.6. The Morgan fingerprint density at radius 2 is 1.69 bits per heavy atom. The lowest BCUT2D eigenvalue weighted by atomic mass is 10.1. The fourth-order valence-corrected chi connectivity index (χ4v) is 1.80. The largest absolute Gasteiger partial charge is 0.482 e. The average molecular weight is 364 g/mol. The monoisotopic (exact) mass is 364 g/mol. The van der Waals surface area contributed by atoms with E-state index in [-0.39, 0.29) is 11.8 Å². The van der Waals surface area contributed by atoms with Gasteiger partial charge in [0.25, 0.3) is 5.91 Å². The van der Waals surface area contributed by atoms with E-state index in [1.54, 1.807) is 38.1 Å². The normalized spacial score (nSPS) is 11.2. The second-order valence-corrected chi connectivity index (χ2v) is 5.58. The van der Waals surface area contributed by atoms with Gasteiger partial charge in [0, 0.05) is 18.0 Å². The molecule has 1 aromatic carbocycles. The quantitative estimate of drug-likeness (QED) is 0.511. The van der Waals surface area contributed by atoms with Gasteiger partial charge in [0.05, 0.1) is 0 Å². The van der Waals surface area contributed by atoms with Gasteiger partial charge in [-0.2, -0.15) is 0 Å². The van der Waals surface area contributed by atoms with Gasteiger partial charge in [0.2, 0.25) is 0 Å². The van der Waals surface area contributed by atoms with Gasteiger partial charge in [-0.1, -0.05) is 13.8 Å². The predicted molar refractivity (Wildman–Crippen MR) is 93.9 cm³/mol. The summed E-state index contributed by atoms with van der Waals surface area (Å²) >= 11 is 0. The molecule has 0 bridgehead atoms. The number of hydrogen-bond donors (Lipinski definition) is 2. The van der Waals surface area contributed by atoms with Crippen LogP contribution in [0.1, 0.15) is 44.0 Å². The van der Waals surface area contributed by atoms with Gasteiger partial charge in [-0.15, -0.1) is 0 Å². The number of ether oxygens (including phenoxy) is 2. The molecule has 8 nitrogen and oxygen atoms in total. The van der Waals surface area contributed by atoms with Gasteiger partial charge in [0.1, 0.15) is 5.75 Å². The third-order valence-electron chi connectivity index (χ3n) is 3.46. The molecule has 26 heavy (non-hydrogen) atoms. The van der Waals surface area contributed by atoms with Crippen molar-refractivity contribution in [2.45, 2.75) is 39.7 Å². The molecule has 0 unspecified atom stereocenters. The van der Waals surface area contributed by atoms with Crippen LogP contribution in [0.3, 0.4) is 0 Å². The molecule has 8 heteroatoms. The molecule has 0 aliphatic heterocycles. The van der Waals surface area contributed by atoms with E-state index in [0.717, 1.165) is 6.42 Å². The van der Waals surface area contributed by atoms with Crippen molar-refractivity contribution in [1.82, 2.24) is 10.6 Å². The molecule has 0 saturated heterocycles. The number of carbonyl (C=O) groups excluding carboxylic acids is 4. The van der Waals surface area contributed by atoms with Crippen molar-refractivity contribution >= 4 is 23.7 Å². The Hall–Kier alpha value is -2.90. The number of Topliss-reactive ketones (excluding diaryl/α,β-unsaturated/α-hetero) is 1. The lowest BCUT2D eigenvalue weighted by molar-refractivity contribution is -0.150. The van der Waals surface area contributed by atoms with Crippen LogP contribution in [0.5, 0.6) is 5.75 Å². The summed E-state index contributed by atoms with van der Waals surface area (Å²) in [5.41, 5.74) is 0.565. The number of nitrogens with one attached hydrogen (secondary N) is 2. The number of amides is 3. The molecule has 0 aliphatic carbocycles. The molecule has 0 heterocycles. The molecule has 0 spiro atoms. The third kappa shape index (κ3) is 7.78. The Labute approximate surface area is 152 Å². The van der Waals surface area contributed by atoms with Gasteiger partial charge in [-0.05, 0) is 37.6 Å². The molecule has 0 aliphatic rings. The van der Waals surface area contributed by atoms with E-state index >= 15 is 0 Å². The second kappa shape index (κ2) is 10.9. The standard InChI is InChI=1S/C18H24N2O6/c1-4-12(3)19-18(24)20-16(22)10-26-17(23)11-25-14-8-6-13(7-9-14)15(21)5-2/h6-9,12H,4-5,10-11H2,1-3H3,(H2,19,20,22,24)/t12-/m1/s1. The summed E-state index contributed by atoms with van der Waals surface area (Å²) in [6.07, 6.45) is 1.13.